The summed E-state index contributed by atoms with van der Waals surface area (Å²) in [5.74, 6) is 3.83. The molecule has 1 amide bonds. The van der Waals surface area contributed by atoms with Crippen molar-refractivity contribution in [3.05, 3.63) is 65.2 Å². The Hall–Kier alpha value is -2.71. The molecule has 21 heavy (non-hydrogen) atoms. The molecule has 0 aliphatic heterocycles. The maximum atomic E-state index is 13.8. The molecular formula is C16H13FN2O2. The van der Waals surface area contributed by atoms with Crippen molar-refractivity contribution < 1.29 is 14.3 Å². The lowest BCUT2D eigenvalue weighted by Gasteiger charge is -2.06. The van der Waals surface area contributed by atoms with Gasteiger partial charge in [0.15, 0.2) is 0 Å². The van der Waals surface area contributed by atoms with E-state index in [1.54, 1.807) is 18.3 Å². The highest BCUT2D eigenvalue weighted by Gasteiger charge is 2.11. The Morgan fingerprint density at radius 2 is 2.19 bits per heavy atom. The summed E-state index contributed by atoms with van der Waals surface area (Å²) < 4.78 is 13.8. The van der Waals surface area contributed by atoms with Crippen molar-refractivity contribution in [1.82, 2.24) is 10.3 Å². The minimum atomic E-state index is -0.654. The van der Waals surface area contributed by atoms with Crippen LogP contribution in [0.15, 0.2) is 42.6 Å². The molecule has 2 rings (SSSR count). The number of nitrogens with zero attached hydrogens (tertiary/aromatic N) is 1. The van der Waals surface area contributed by atoms with Gasteiger partial charge < -0.3 is 10.4 Å². The topological polar surface area (TPSA) is 62.2 Å². The van der Waals surface area contributed by atoms with Crippen LogP contribution in [-0.2, 0) is 6.54 Å². The van der Waals surface area contributed by atoms with Crippen molar-refractivity contribution in [3.63, 3.8) is 0 Å². The van der Waals surface area contributed by atoms with Crippen molar-refractivity contribution >= 4 is 5.91 Å². The monoisotopic (exact) mass is 284 g/mol. The number of benzene rings is 1. The maximum absolute atomic E-state index is 13.8. The van der Waals surface area contributed by atoms with E-state index in [1.807, 2.05) is 6.07 Å². The number of aliphatic hydroxyl groups is 1. The summed E-state index contributed by atoms with van der Waals surface area (Å²) in [5.41, 5.74) is 1.04. The number of aromatic nitrogens is 1. The molecule has 0 aliphatic rings. The van der Waals surface area contributed by atoms with Gasteiger partial charge in [0.25, 0.3) is 5.91 Å². The van der Waals surface area contributed by atoms with Gasteiger partial charge >= 0.3 is 0 Å². The van der Waals surface area contributed by atoms with Gasteiger partial charge in [-0.2, -0.15) is 0 Å². The van der Waals surface area contributed by atoms with Gasteiger partial charge in [0.2, 0.25) is 0 Å². The lowest BCUT2D eigenvalue weighted by atomic mass is 10.1. The Kier molecular flexibility index (Phi) is 5.02. The number of hydrogen-bond donors (Lipinski definition) is 2. The van der Waals surface area contributed by atoms with Crippen LogP contribution in [0.1, 0.15) is 21.6 Å². The SMILES string of the molecule is O=C(NCc1ccccn1)c1ccc(C#CCO)cc1F. The minimum absolute atomic E-state index is 0.0551. The van der Waals surface area contributed by atoms with Crippen LogP contribution in [0, 0.1) is 17.7 Å². The quantitative estimate of drug-likeness (QED) is 0.840. The summed E-state index contributed by atoms with van der Waals surface area (Å²) in [4.78, 5) is 16.0. The van der Waals surface area contributed by atoms with E-state index in [-0.39, 0.29) is 18.7 Å². The van der Waals surface area contributed by atoms with Crippen LogP contribution in [0.5, 0.6) is 0 Å². The molecule has 0 radical (unpaired) electrons. The molecule has 0 fully saturated rings. The molecular weight excluding hydrogens is 271 g/mol. The first kappa shape index (κ1) is 14.7. The summed E-state index contributed by atoms with van der Waals surface area (Å²) in [7, 11) is 0. The van der Waals surface area contributed by atoms with Gasteiger partial charge in [0, 0.05) is 11.8 Å². The molecule has 0 unspecified atom stereocenters. The molecule has 0 bridgehead atoms. The molecule has 0 aliphatic carbocycles. The van der Waals surface area contributed by atoms with Gasteiger partial charge in [-0.15, -0.1) is 0 Å². The molecule has 0 atom stereocenters. The summed E-state index contributed by atoms with van der Waals surface area (Å²) in [6.45, 7) is -0.0703. The molecule has 0 spiro atoms. The van der Waals surface area contributed by atoms with Crippen molar-refractivity contribution in [2.24, 2.45) is 0 Å². The third-order valence-corrected chi connectivity index (χ3v) is 2.68. The molecule has 2 N–H and O–H groups in total. The lowest BCUT2D eigenvalue weighted by molar-refractivity contribution is 0.0946. The van der Waals surface area contributed by atoms with E-state index in [1.165, 1.54) is 18.2 Å². The van der Waals surface area contributed by atoms with E-state index in [4.69, 9.17) is 5.11 Å². The third-order valence-electron chi connectivity index (χ3n) is 2.68. The highest BCUT2D eigenvalue weighted by molar-refractivity contribution is 5.94. The number of carbonyl (C=O) groups excluding carboxylic acids is 1. The molecule has 1 aromatic carbocycles. The average Bonchev–Trinajstić information content (AvgIpc) is 2.51. The number of hydrogen-bond acceptors (Lipinski definition) is 3. The van der Waals surface area contributed by atoms with Crippen molar-refractivity contribution in [2.75, 3.05) is 6.61 Å². The number of carbonyl (C=O) groups is 1. The molecule has 5 heteroatoms. The molecule has 0 saturated heterocycles. The molecule has 1 aromatic heterocycles. The van der Waals surface area contributed by atoms with E-state index in [9.17, 15) is 9.18 Å². The fraction of sp³-hybridized carbons (Fsp3) is 0.125. The number of rotatable bonds is 3. The zero-order chi connectivity index (χ0) is 15.1. The number of pyridine rings is 1. The third kappa shape index (κ3) is 4.13. The van der Waals surface area contributed by atoms with E-state index in [0.717, 1.165) is 0 Å². The second-order valence-corrected chi connectivity index (χ2v) is 4.16. The van der Waals surface area contributed by atoms with Crippen molar-refractivity contribution in [3.8, 4) is 11.8 Å². The van der Waals surface area contributed by atoms with Gasteiger partial charge in [-0.05, 0) is 30.3 Å². The summed E-state index contributed by atoms with van der Waals surface area (Å²) in [6.07, 6.45) is 1.62. The predicted octanol–water partition coefficient (Wildman–Crippen LogP) is 1.49. The Morgan fingerprint density at radius 1 is 1.33 bits per heavy atom. The molecule has 0 saturated carbocycles. The fourth-order valence-electron chi connectivity index (χ4n) is 1.69. The Balaban J connectivity index is 2.05. The zero-order valence-electron chi connectivity index (χ0n) is 11.1. The van der Waals surface area contributed by atoms with Crippen molar-refractivity contribution in [2.45, 2.75) is 6.54 Å². The maximum Gasteiger partial charge on any atom is 0.254 e. The van der Waals surface area contributed by atoms with Crippen LogP contribution in [-0.4, -0.2) is 22.6 Å². The molecule has 106 valence electrons. The van der Waals surface area contributed by atoms with Crippen LogP contribution in [0.4, 0.5) is 4.39 Å². The normalized spacial score (nSPS) is 9.62. The van der Waals surface area contributed by atoms with Gasteiger partial charge in [0.05, 0.1) is 17.8 Å². The first-order valence-electron chi connectivity index (χ1n) is 6.28. The first-order chi connectivity index (χ1) is 10.2. The second kappa shape index (κ2) is 7.17. The van der Waals surface area contributed by atoms with E-state index in [0.29, 0.717) is 11.3 Å². The van der Waals surface area contributed by atoms with Gasteiger partial charge in [-0.1, -0.05) is 17.9 Å². The smallest absolute Gasteiger partial charge is 0.254 e. The zero-order valence-corrected chi connectivity index (χ0v) is 11.1. The van der Waals surface area contributed by atoms with E-state index in [2.05, 4.69) is 22.1 Å². The van der Waals surface area contributed by atoms with Crippen LogP contribution >= 0.6 is 0 Å². The van der Waals surface area contributed by atoms with Crippen LogP contribution in [0.3, 0.4) is 0 Å². The number of halogens is 1. The van der Waals surface area contributed by atoms with Crippen LogP contribution in [0.2, 0.25) is 0 Å². The van der Waals surface area contributed by atoms with Crippen molar-refractivity contribution in [1.29, 1.82) is 0 Å². The number of nitrogens with one attached hydrogen (secondary N) is 1. The van der Waals surface area contributed by atoms with E-state index < -0.39 is 11.7 Å². The average molecular weight is 284 g/mol. The standard InChI is InChI=1S/C16H13FN2O2/c17-15-10-12(4-3-9-20)6-7-14(15)16(21)19-11-13-5-1-2-8-18-13/h1-2,5-8,10,20H,9,11H2,(H,19,21). The first-order valence-corrected chi connectivity index (χ1v) is 6.28. The van der Waals surface area contributed by atoms with Gasteiger partial charge in [-0.25, -0.2) is 4.39 Å². The molecule has 4 nitrogen and oxygen atoms in total. The highest BCUT2D eigenvalue weighted by atomic mass is 19.1. The Bertz CT molecular complexity index is 690. The summed E-state index contributed by atoms with van der Waals surface area (Å²) in [6, 6.07) is 9.41. The predicted molar refractivity (Wildman–Crippen MR) is 75.8 cm³/mol. The minimum Gasteiger partial charge on any atom is -0.384 e. The van der Waals surface area contributed by atoms with Crippen LogP contribution < -0.4 is 5.32 Å². The molecule has 2 aromatic rings. The fourth-order valence-corrected chi connectivity index (χ4v) is 1.69. The van der Waals surface area contributed by atoms with Gasteiger partial charge in [0.1, 0.15) is 12.4 Å². The largest absolute Gasteiger partial charge is 0.384 e. The van der Waals surface area contributed by atoms with E-state index >= 15 is 0 Å². The van der Waals surface area contributed by atoms with Crippen LogP contribution in [0.25, 0.3) is 0 Å². The summed E-state index contributed by atoms with van der Waals surface area (Å²) in [5, 5.41) is 11.2. The summed E-state index contributed by atoms with van der Waals surface area (Å²) >= 11 is 0. The molecule has 1 heterocycles. The lowest BCUT2D eigenvalue weighted by Crippen LogP contribution is -2.24. The van der Waals surface area contributed by atoms with Gasteiger partial charge in [-0.3, -0.25) is 9.78 Å². The number of amides is 1. The Morgan fingerprint density at radius 3 is 2.86 bits per heavy atom. The Labute approximate surface area is 121 Å². The number of aliphatic hydroxyl groups excluding tert-OH is 1. The second-order valence-electron chi connectivity index (χ2n) is 4.16. The highest BCUT2D eigenvalue weighted by Crippen LogP contribution is 2.10.